The highest BCUT2D eigenvalue weighted by Crippen LogP contribution is 2.19. The summed E-state index contributed by atoms with van der Waals surface area (Å²) < 4.78 is 25.5. The molecule has 1 aromatic carbocycles. The first-order chi connectivity index (χ1) is 8.40. The lowest BCUT2D eigenvalue weighted by Crippen LogP contribution is -2.25. The van der Waals surface area contributed by atoms with Crippen molar-refractivity contribution < 1.29 is 13.2 Å². The standard InChI is InChI=1S/C11H17N3O3S/c1-8-4-5-9(18(16,17)13-3)6-10(8)14-11(15)7-12-2/h4-6,12-13H,7H2,1-3H3,(H,14,15). The third-order valence-electron chi connectivity index (χ3n) is 2.40. The molecule has 0 saturated heterocycles. The maximum atomic E-state index is 11.6. The highest BCUT2D eigenvalue weighted by molar-refractivity contribution is 7.89. The second-order valence-electron chi connectivity index (χ2n) is 3.76. The number of carbonyl (C=O) groups excluding carboxylic acids is 1. The topological polar surface area (TPSA) is 87.3 Å². The van der Waals surface area contributed by atoms with Crippen molar-refractivity contribution in [3.63, 3.8) is 0 Å². The number of benzene rings is 1. The Kier molecular flexibility index (Phi) is 4.83. The maximum absolute atomic E-state index is 11.6. The van der Waals surface area contributed by atoms with Gasteiger partial charge in [0.15, 0.2) is 0 Å². The minimum absolute atomic E-state index is 0.121. The zero-order valence-electron chi connectivity index (χ0n) is 10.6. The first kappa shape index (κ1) is 14.6. The molecule has 100 valence electrons. The molecule has 0 unspecified atom stereocenters. The molecular weight excluding hydrogens is 254 g/mol. The quantitative estimate of drug-likeness (QED) is 0.707. The van der Waals surface area contributed by atoms with Gasteiger partial charge in [0.25, 0.3) is 0 Å². The molecule has 0 radical (unpaired) electrons. The number of carbonyl (C=O) groups is 1. The molecule has 1 rings (SSSR count). The number of amides is 1. The average Bonchev–Trinajstić information content (AvgIpc) is 2.32. The van der Waals surface area contributed by atoms with Gasteiger partial charge >= 0.3 is 0 Å². The molecule has 18 heavy (non-hydrogen) atoms. The summed E-state index contributed by atoms with van der Waals surface area (Å²) in [6.45, 7) is 1.97. The van der Waals surface area contributed by atoms with Crippen LogP contribution in [0.25, 0.3) is 0 Å². The third-order valence-corrected chi connectivity index (χ3v) is 3.81. The number of aryl methyl sites for hydroxylation is 1. The summed E-state index contributed by atoms with van der Waals surface area (Å²) in [6, 6.07) is 4.59. The van der Waals surface area contributed by atoms with Crippen molar-refractivity contribution in [3.05, 3.63) is 23.8 Å². The van der Waals surface area contributed by atoms with Gasteiger partial charge in [-0.1, -0.05) is 6.07 Å². The zero-order valence-corrected chi connectivity index (χ0v) is 11.4. The normalized spacial score (nSPS) is 11.3. The third kappa shape index (κ3) is 3.52. The van der Waals surface area contributed by atoms with Crippen LogP contribution < -0.4 is 15.4 Å². The van der Waals surface area contributed by atoms with E-state index in [0.717, 1.165) is 5.56 Å². The second-order valence-corrected chi connectivity index (χ2v) is 5.65. The summed E-state index contributed by atoms with van der Waals surface area (Å²) in [5.74, 6) is -0.223. The molecule has 0 atom stereocenters. The van der Waals surface area contributed by atoms with E-state index in [9.17, 15) is 13.2 Å². The van der Waals surface area contributed by atoms with Gasteiger partial charge in [-0.25, -0.2) is 13.1 Å². The average molecular weight is 271 g/mol. The smallest absolute Gasteiger partial charge is 0.240 e. The van der Waals surface area contributed by atoms with E-state index in [1.54, 1.807) is 20.0 Å². The van der Waals surface area contributed by atoms with Crippen LogP contribution in [0, 0.1) is 6.92 Å². The Labute approximate surface area is 107 Å². The molecule has 1 amide bonds. The lowest BCUT2D eigenvalue weighted by Gasteiger charge is -2.10. The van der Waals surface area contributed by atoms with Gasteiger partial charge in [0.2, 0.25) is 15.9 Å². The lowest BCUT2D eigenvalue weighted by molar-refractivity contribution is -0.115. The summed E-state index contributed by atoms with van der Waals surface area (Å²) >= 11 is 0. The van der Waals surface area contributed by atoms with Crippen molar-refractivity contribution in [2.45, 2.75) is 11.8 Å². The van der Waals surface area contributed by atoms with E-state index in [2.05, 4.69) is 15.4 Å². The van der Waals surface area contributed by atoms with E-state index in [0.29, 0.717) is 5.69 Å². The molecule has 7 heteroatoms. The van der Waals surface area contributed by atoms with Crippen LogP contribution in [0.15, 0.2) is 23.1 Å². The predicted molar refractivity (Wildman–Crippen MR) is 70.0 cm³/mol. The van der Waals surface area contributed by atoms with Gasteiger partial charge < -0.3 is 10.6 Å². The fourth-order valence-corrected chi connectivity index (χ4v) is 2.13. The van der Waals surface area contributed by atoms with Crippen molar-refractivity contribution in [3.8, 4) is 0 Å². The summed E-state index contributed by atoms with van der Waals surface area (Å²) in [7, 11) is -0.500. The molecule has 0 aliphatic heterocycles. The van der Waals surface area contributed by atoms with Crippen molar-refractivity contribution in [1.29, 1.82) is 0 Å². The Morgan fingerprint density at radius 1 is 1.28 bits per heavy atom. The largest absolute Gasteiger partial charge is 0.325 e. The number of nitrogens with one attached hydrogen (secondary N) is 3. The molecule has 0 aliphatic rings. The Bertz CT molecular complexity index is 540. The van der Waals surface area contributed by atoms with Gasteiger partial charge in [-0.2, -0.15) is 0 Å². The van der Waals surface area contributed by atoms with Crippen LogP contribution in [0.5, 0.6) is 0 Å². The fraction of sp³-hybridized carbons (Fsp3) is 0.364. The van der Waals surface area contributed by atoms with Crippen molar-refractivity contribution in [2.24, 2.45) is 0 Å². The molecule has 1 aromatic rings. The Balaban J connectivity index is 3.06. The molecule has 0 aromatic heterocycles. The monoisotopic (exact) mass is 271 g/mol. The fourth-order valence-electron chi connectivity index (χ4n) is 1.38. The highest BCUT2D eigenvalue weighted by Gasteiger charge is 2.13. The van der Waals surface area contributed by atoms with Crippen LogP contribution >= 0.6 is 0 Å². The number of sulfonamides is 1. The van der Waals surface area contributed by atoms with Gasteiger partial charge in [-0.05, 0) is 38.7 Å². The summed E-state index contributed by atoms with van der Waals surface area (Å²) in [4.78, 5) is 11.6. The van der Waals surface area contributed by atoms with Crippen LogP contribution in [-0.4, -0.2) is 35.0 Å². The lowest BCUT2D eigenvalue weighted by atomic mass is 10.2. The minimum atomic E-state index is -3.50. The highest BCUT2D eigenvalue weighted by atomic mass is 32.2. The molecule has 0 spiro atoms. The van der Waals surface area contributed by atoms with E-state index in [1.165, 1.54) is 19.2 Å². The number of hydrogen-bond acceptors (Lipinski definition) is 4. The van der Waals surface area contributed by atoms with Gasteiger partial charge in [0.05, 0.1) is 11.4 Å². The predicted octanol–water partition coefficient (Wildman–Crippen LogP) is 0.0610. The van der Waals surface area contributed by atoms with Crippen LogP contribution in [0.2, 0.25) is 0 Å². The molecule has 3 N–H and O–H groups in total. The van der Waals surface area contributed by atoms with Crippen molar-refractivity contribution in [1.82, 2.24) is 10.0 Å². The zero-order chi connectivity index (χ0) is 13.8. The first-order valence-corrected chi connectivity index (χ1v) is 6.87. The molecular formula is C11H17N3O3S. The van der Waals surface area contributed by atoms with Gasteiger partial charge in [-0.15, -0.1) is 0 Å². The number of anilines is 1. The summed E-state index contributed by atoms with van der Waals surface area (Å²) in [5.41, 5.74) is 1.29. The van der Waals surface area contributed by atoms with Gasteiger partial charge in [-0.3, -0.25) is 4.79 Å². The second kappa shape index (κ2) is 5.94. The van der Waals surface area contributed by atoms with Gasteiger partial charge in [0, 0.05) is 5.69 Å². The van der Waals surface area contributed by atoms with Crippen LogP contribution in [-0.2, 0) is 14.8 Å². The number of likely N-dealkylation sites (N-methyl/N-ethyl adjacent to an activating group) is 1. The van der Waals surface area contributed by atoms with E-state index >= 15 is 0 Å². The molecule has 0 saturated carbocycles. The van der Waals surface area contributed by atoms with Crippen LogP contribution in [0.3, 0.4) is 0 Å². The SMILES string of the molecule is CNCC(=O)Nc1cc(S(=O)(=O)NC)ccc1C. The molecule has 0 aliphatic carbocycles. The Morgan fingerprint density at radius 3 is 2.50 bits per heavy atom. The Morgan fingerprint density at radius 2 is 1.94 bits per heavy atom. The summed E-state index contributed by atoms with van der Waals surface area (Å²) in [6.07, 6.45) is 0. The van der Waals surface area contributed by atoms with E-state index in [4.69, 9.17) is 0 Å². The molecule has 0 heterocycles. The van der Waals surface area contributed by atoms with Crippen molar-refractivity contribution >= 4 is 21.6 Å². The first-order valence-electron chi connectivity index (χ1n) is 5.39. The maximum Gasteiger partial charge on any atom is 0.240 e. The number of rotatable bonds is 5. The minimum Gasteiger partial charge on any atom is -0.325 e. The summed E-state index contributed by atoms with van der Waals surface area (Å²) in [5, 5.41) is 5.37. The molecule has 6 nitrogen and oxygen atoms in total. The molecule has 0 fully saturated rings. The van der Waals surface area contributed by atoms with Crippen LogP contribution in [0.4, 0.5) is 5.69 Å². The van der Waals surface area contributed by atoms with E-state index < -0.39 is 10.0 Å². The van der Waals surface area contributed by atoms with Crippen molar-refractivity contribution in [2.75, 3.05) is 26.0 Å². The van der Waals surface area contributed by atoms with Crippen LogP contribution in [0.1, 0.15) is 5.56 Å². The number of hydrogen-bond donors (Lipinski definition) is 3. The van der Waals surface area contributed by atoms with E-state index in [1.807, 2.05) is 0 Å². The molecule has 0 bridgehead atoms. The van der Waals surface area contributed by atoms with Gasteiger partial charge in [0.1, 0.15) is 0 Å². The Hall–Kier alpha value is -1.44. The van der Waals surface area contributed by atoms with E-state index in [-0.39, 0.29) is 17.3 Å².